The van der Waals surface area contributed by atoms with Crippen molar-refractivity contribution in [3.8, 4) is 55.6 Å². The fourth-order valence-corrected chi connectivity index (χ4v) is 8.02. The van der Waals surface area contributed by atoms with E-state index in [-0.39, 0.29) is 0 Å². The molecule has 10 rings (SSSR count). The van der Waals surface area contributed by atoms with Crippen molar-refractivity contribution >= 4 is 43.1 Å². The fourth-order valence-electron chi connectivity index (χ4n) is 8.02. The molecule has 0 heteroatoms. The van der Waals surface area contributed by atoms with Crippen molar-refractivity contribution in [2.24, 2.45) is 0 Å². The zero-order valence-corrected chi connectivity index (χ0v) is 28.6. The molecule has 0 bridgehead atoms. The monoisotopic (exact) mass is 658 g/mol. The molecule has 0 amide bonds. The van der Waals surface area contributed by atoms with Crippen LogP contribution >= 0.6 is 0 Å². The average molecular weight is 659 g/mol. The lowest BCUT2D eigenvalue weighted by molar-refractivity contribution is 1.63. The first kappa shape index (κ1) is 30.1. The maximum Gasteiger partial charge on any atom is -0.00141 e. The molecule has 0 radical (unpaired) electrons. The van der Waals surface area contributed by atoms with Crippen molar-refractivity contribution in [1.29, 1.82) is 0 Å². The highest BCUT2D eigenvalue weighted by Crippen LogP contribution is 2.46. The molecule has 0 saturated heterocycles. The predicted molar refractivity (Wildman–Crippen MR) is 224 cm³/mol. The fraction of sp³-hybridized carbons (Fsp3) is 0. The zero-order valence-electron chi connectivity index (χ0n) is 28.6. The van der Waals surface area contributed by atoms with Gasteiger partial charge < -0.3 is 0 Å². The van der Waals surface area contributed by atoms with Crippen LogP contribution in [-0.2, 0) is 0 Å². The molecule has 0 aliphatic heterocycles. The Balaban J connectivity index is 1.35. The molecule has 10 aromatic carbocycles. The minimum atomic E-state index is 1.22. The molecule has 0 atom stereocenters. The molecule has 0 aliphatic carbocycles. The summed E-state index contributed by atoms with van der Waals surface area (Å²) in [5.41, 5.74) is 12.3. The smallest absolute Gasteiger partial charge is 0.00141 e. The zero-order chi connectivity index (χ0) is 34.4. The van der Waals surface area contributed by atoms with Gasteiger partial charge in [-0.15, -0.1) is 0 Å². The van der Waals surface area contributed by atoms with Crippen molar-refractivity contribution in [3.63, 3.8) is 0 Å². The Morgan fingerprint density at radius 3 is 0.827 bits per heavy atom. The van der Waals surface area contributed by atoms with Gasteiger partial charge in [0.2, 0.25) is 0 Å². The summed E-state index contributed by atoms with van der Waals surface area (Å²) in [6, 6.07) is 75.7. The van der Waals surface area contributed by atoms with Gasteiger partial charge >= 0.3 is 0 Å². The summed E-state index contributed by atoms with van der Waals surface area (Å²) in [6.07, 6.45) is 0. The number of benzene rings is 10. The molecule has 0 aromatic heterocycles. The van der Waals surface area contributed by atoms with E-state index in [0.29, 0.717) is 0 Å². The van der Waals surface area contributed by atoms with Gasteiger partial charge in [-0.25, -0.2) is 0 Å². The summed E-state index contributed by atoms with van der Waals surface area (Å²) in [5.74, 6) is 0. The van der Waals surface area contributed by atoms with Gasteiger partial charge in [0.05, 0.1) is 0 Å². The van der Waals surface area contributed by atoms with Gasteiger partial charge in [0.1, 0.15) is 0 Å². The summed E-state index contributed by atoms with van der Waals surface area (Å²) in [7, 11) is 0. The number of rotatable bonds is 5. The van der Waals surface area contributed by atoms with Crippen molar-refractivity contribution in [2.45, 2.75) is 0 Å². The molecule has 0 nitrogen and oxygen atoms in total. The van der Waals surface area contributed by atoms with Gasteiger partial charge in [-0.3, -0.25) is 0 Å². The third kappa shape index (κ3) is 5.25. The highest BCUT2D eigenvalue weighted by Gasteiger charge is 2.19. The van der Waals surface area contributed by atoms with Crippen LogP contribution in [0.5, 0.6) is 0 Å². The van der Waals surface area contributed by atoms with Crippen molar-refractivity contribution < 1.29 is 0 Å². The number of fused-ring (bicyclic) bond motifs is 4. The number of hydrogen-bond acceptors (Lipinski definition) is 0. The molecule has 0 aliphatic rings. The maximum absolute atomic E-state index is 2.41. The second kappa shape index (κ2) is 12.5. The lowest BCUT2D eigenvalue weighted by atomic mass is 9.83. The summed E-state index contributed by atoms with van der Waals surface area (Å²) in [5, 5.41) is 9.96. The van der Waals surface area contributed by atoms with E-state index in [1.165, 1.54) is 98.7 Å². The molecule has 0 spiro atoms. The Hall–Kier alpha value is -6.76. The molecule has 0 N–H and O–H groups in total. The first-order valence-corrected chi connectivity index (χ1v) is 18.0. The van der Waals surface area contributed by atoms with Gasteiger partial charge in [0, 0.05) is 0 Å². The Labute approximate surface area is 303 Å². The van der Waals surface area contributed by atoms with E-state index in [0.717, 1.165) is 0 Å². The van der Waals surface area contributed by atoms with E-state index in [4.69, 9.17) is 0 Å². The SMILES string of the molecule is c1ccc(-c2ccc3c(-c4c5ccc(-c6ccccc6)cc5cc5ccc(-c6ccccc6)cc45)c4cc(-c5ccccc5)ccc4cc3c2)cc1. The Morgan fingerprint density at radius 1 is 0.173 bits per heavy atom. The first-order valence-electron chi connectivity index (χ1n) is 18.0. The van der Waals surface area contributed by atoms with E-state index in [9.17, 15) is 0 Å². The van der Waals surface area contributed by atoms with Crippen LogP contribution in [0.25, 0.3) is 98.7 Å². The van der Waals surface area contributed by atoms with E-state index >= 15 is 0 Å². The molecule has 0 heterocycles. The highest BCUT2D eigenvalue weighted by molar-refractivity contribution is 6.24. The van der Waals surface area contributed by atoms with Crippen molar-refractivity contribution in [1.82, 2.24) is 0 Å². The summed E-state index contributed by atoms with van der Waals surface area (Å²) in [4.78, 5) is 0. The normalized spacial score (nSPS) is 11.5. The molecule has 242 valence electrons. The maximum atomic E-state index is 2.41. The predicted octanol–water partition coefficient (Wildman–Crippen LogP) is 14.6. The van der Waals surface area contributed by atoms with Crippen LogP contribution in [0.15, 0.2) is 206 Å². The van der Waals surface area contributed by atoms with E-state index in [2.05, 4.69) is 206 Å². The molecule has 52 heavy (non-hydrogen) atoms. The largest absolute Gasteiger partial charge is 0.0622 e. The lowest BCUT2D eigenvalue weighted by Crippen LogP contribution is -1.92. The highest BCUT2D eigenvalue weighted by atomic mass is 14.2. The van der Waals surface area contributed by atoms with Gasteiger partial charge in [-0.1, -0.05) is 170 Å². The van der Waals surface area contributed by atoms with E-state index < -0.39 is 0 Å². The van der Waals surface area contributed by atoms with Crippen LogP contribution in [0.3, 0.4) is 0 Å². The van der Waals surface area contributed by atoms with Crippen LogP contribution in [-0.4, -0.2) is 0 Å². The first-order chi connectivity index (χ1) is 25.8. The van der Waals surface area contributed by atoms with Gasteiger partial charge in [0.25, 0.3) is 0 Å². The average Bonchev–Trinajstić information content (AvgIpc) is 3.22. The van der Waals surface area contributed by atoms with Gasteiger partial charge in [-0.2, -0.15) is 0 Å². The van der Waals surface area contributed by atoms with Crippen molar-refractivity contribution in [3.05, 3.63) is 206 Å². The second-order valence-electron chi connectivity index (χ2n) is 13.7. The van der Waals surface area contributed by atoms with Gasteiger partial charge in [0.15, 0.2) is 0 Å². The summed E-state index contributed by atoms with van der Waals surface area (Å²) >= 11 is 0. The standard InChI is InChI=1S/C52H34/c1-5-13-35(14-6-1)39-25-27-47-45(29-39)31-43-23-21-41(37-17-9-3-10-18-37)33-49(43)51(47)52-48-28-26-40(36-15-7-2-8-16-36)30-46(48)32-44-24-22-42(34-50(44)52)38-19-11-4-12-20-38/h1-34H. The van der Waals surface area contributed by atoms with Crippen LogP contribution in [0, 0.1) is 0 Å². The minimum Gasteiger partial charge on any atom is -0.0622 e. The molecule has 0 saturated carbocycles. The molecule has 10 aromatic rings. The van der Waals surface area contributed by atoms with Crippen LogP contribution in [0.2, 0.25) is 0 Å². The summed E-state index contributed by atoms with van der Waals surface area (Å²) < 4.78 is 0. The quantitative estimate of drug-likeness (QED) is 0.161. The molecule has 0 unspecified atom stereocenters. The Bertz CT molecular complexity index is 2700. The second-order valence-corrected chi connectivity index (χ2v) is 13.7. The third-order valence-electron chi connectivity index (χ3n) is 10.6. The van der Waals surface area contributed by atoms with Crippen molar-refractivity contribution in [2.75, 3.05) is 0 Å². The molecular formula is C52H34. The van der Waals surface area contributed by atoms with Crippen LogP contribution in [0.1, 0.15) is 0 Å². The minimum absolute atomic E-state index is 1.22. The third-order valence-corrected chi connectivity index (χ3v) is 10.6. The Morgan fingerprint density at radius 2 is 0.481 bits per heavy atom. The Kier molecular flexibility index (Phi) is 7.25. The van der Waals surface area contributed by atoms with E-state index in [1.807, 2.05) is 0 Å². The topological polar surface area (TPSA) is 0 Å². The summed E-state index contributed by atoms with van der Waals surface area (Å²) in [6.45, 7) is 0. The van der Waals surface area contributed by atoms with E-state index in [1.54, 1.807) is 0 Å². The van der Waals surface area contributed by atoms with Crippen LogP contribution in [0.4, 0.5) is 0 Å². The van der Waals surface area contributed by atoms with Crippen LogP contribution < -0.4 is 0 Å². The molecule has 0 fully saturated rings. The van der Waals surface area contributed by atoms with Gasteiger partial charge in [-0.05, 0) is 135 Å². The lowest BCUT2D eigenvalue weighted by Gasteiger charge is -2.19. The molecular weight excluding hydrogens is 625 g/mol. The number of hydrogen-bond donors (Lipinski definition) is 0.